The number of anilines is 2. The zero-order chi connectivity index (χ0) is 22.7. The predicted octanol–water partition coefficient (Wildman–Crippen LogP) is 4.68. The highest BCUT2D eigenvalue weighted by molar-refractivity contribution is 6.32. The van der Waals surface area contributed by atoms with Crippen LogP contribution in [0.25, 0.3) is 11.0 Å². The van der Waals surface area contributed by atoms with Gasteiger partial charge in [0.15, 0.2) is 0 Å². The Morgan fingerprint density at radius 2 is 2.03 bits per heavy atom. The Balaban J connectivity index is 1.44. The van der Waals surface area contributed by atoms with Gasteiger partial charge in [-0.1, -0.05) is 24.6 Å². The number of rotatable bonds is 6. The van der Waals surface area contributed by atoms with Crippen LogP contribution in [0.15, 0.2) is 41.2 Å². The number of hydrogen-bond donors (Lipinski definition) is 3. The molecule has 2 amide bonds. The van der Waals surface area contributed by atoms with E-state index in [-0.39, 0.29) is 17.8 Å². The van der Waals surface area contributed by atoms with Gasteiger partial charge in [0, 0.05) is 31.4 Å². The van der Waals surface area contributed by atoms with E-state index in [2.05, 4.69) is 22.5 Å². The number of nitrogens with one attached hydrogen (secondary N) is 3. The lowest BCUT2D eigenvalue weighted by molar-refractivity contribution is 0.184. The number of aromatic amines is 1. The minimum absolute atomic E-state index is 0.0390. The number of urea groups is 1. The third-order valence-corrected chi connectivity index (χ3v) is 6.13. The lowest BCUT2D eigenvalue weighted by atomic mass is 10.0. The highest BCUT2D eigenvalue weighted by atomic mass is 35.5. The van der Waals surface area contributed by atoms with Gasteiger partial charge in [-0.25, -0.2) is 9.59 Å². The van der Waals surface area contributed by atoms with Crippen LogP contribution in [0.2, 0.25) is 5.02 Å². The van der Waals surface area contributed by atoms with Crippen molar-refractivity contribution >= 4 is 40.0 Å². The van der Waals surface area contributed by atoms with Crippen molar-refractivity contribution in [1.29, 1.82) is 0 Å². The molecule has 3 aromatic rings. The number of aromatic nitrogens is 2. The Bertz CT molecular complexity index is 1160. The van der Waals surface area contributed by atoms with E-state index in [9.17, 15) is 9.59 Å². The smallest absolute Gasteiger partial charge is 0.326 e. The quantitative estimate of drug-likeness (QED) is 0.501. The summed E-state index contributed by atoms with van der Waals surface area (Å²) in [7, 11) is 1.55. The van der Waals surface area contributed by atoms with Crippen LogP contribution in [-0.2, 0) is 0 Å². The Hall–Kier alpha value is -3.13. The number of fused-ring (bicyclic) bond motifs is 1. The number of likely N-dealkylation sites (tertiary alicyclic amines) is 1. The normalized spacial score (nSPS) is 14.5. The molecule has 2 aromatic carbocycles. The van der Waals surface area contributed by atoms with Crippen molar-refractivity contribution in [3.05, 3.63) is 51.9 Å². The van der Waals surface area contributed by atoms with E-state index in [1.165, 1.54) is 0 Å². The van der Waals surface area contributed by atoms with Gasteiger partial charge >= 0.3 is 11.7 Å². The molecule has 0 atom stereocenters. The predicted molar refractivity (Wildman–Crippen MR) is 128 cm³/mol. The van der Waals surface area contributed by atoms with Gasteiger partial charge in [-0.15, -0.1) is 0 Å². The van der Waals surface area contributed by atoms with Crippen LogP contribution in [0.3, 0.4) is 0 Å². The van der Waals surface area contributed by atoms with Gasteiger partial charge < -0.3 is 25.3 Å². The van der Waals surface area contributed by atoms with Crippen LogP contribution in [0.1, 0.15) is 32.2 Å². The molecule has 170 valence electrons. The minimum atomic E-state index is -0.179. The summed E-state index contributed by atoms with van der Waals surface area (Å²) in [5.41, 5.74) is 3.17. The molecule has 0 bridgehead atoms. The number of hydrogen-bond acceptors (Lipinski definition) is 4. The summed E-state index contributed by atoms with van der Waals surface area (Å²) in [6.07, 6.45) is 2.41. The van der Waals surface area contributed by atoms with Gasteiger partial charge in [0.1, 0.15) is 5.75 Å². The molecular formula is C23H28ClN5O3. The number of piperidine rings is 1. The second-order valence-corrected chi connectivity index (χ2v) is 8.33. The van der Waals surface area contributed by atoms with E-state index in [0.29, 0.717) is 42.4 Å². The van der Waals surface area contributed by atoms with E-state index in [1.807, 2.05) is 22.8 Å². The first kappa shape index (κ1) is 22.1. The van der Waals surface area contributed by atoms with Gasteiger partial charge in [-0.3, -0.25) is 4.57 Å². The molecular weight excluding hydrogens is 430 g/mol. The van der Waals surface area contributed by atoms with Crippen LogP contribution in [0.5, 0.6) is 5.75 Å². The van der Waals surface area contributed by atoms with Crippen LogP contribution in [0, 0.1) is 0 Å². The van der Waals surface area contributed by atoms with Crippen molar-refractivity contribution in [1.82, 2.24) is 14.5 Å². The molecule has 8 nitrogen and oxygen atoms in total. The SMILES string of the molecule is CCCNc1cccc2c1[nH]c(=O)n2C1CCN(C(=O)Nc2ccc(OC)c(Cl)c2)CC1. The van der Waals surface area contributed by atoms with Crippen LogP contribution in [0.4, 0.5) is 16.2 Å². The Morgan fingerprint density at radius 1 is 1.25 bits per heavy atom. The lowest BCUT2D eigenvalue weighted by Gasteiger charge is -2.32. The average Bonchev–Trinajstić information content (AvgIpc) is 3.14. The van der Waals surface area contributed by atoms with E-state index < -0.39 is 0 Å². The highest BCUT2D eigenvalue weighted by Gasteiger charge is 2.26. The van der Waals surface area contributed by atoms with Crippen LogP contribution in [-0.4, -0.2) is 47.2 Å². The number of ether oxygens (including phenoxy) is 1. The third-order valence-electron chi connectivity index (χ3n) is 5.84. The summed E-state index contributed by atoms with van der Waals surface area (Å²) in [4.78, 5) is 30.3. The van der Waals surface area contributed by atoms with Gasteiger partial charge in [0.25, 0.3) is 0 Å². The molecule has 4 rings (SSSR count). The molecule has 32 heavy (non-hydrogen) atoms. The first-order valence-electron chi connectivity index (χ1n) is 10.9. The molecule has 1 fully saturated rings. The van der Waals surface area contributed by atoms with Crippen molar-refractivity contribution in [3.8, 4) is 5.75 Å². The second-order valence-electron chi connectivity index (χ2n) is 7.92. The van der Waals surface area contributed by atoms with Crippen molar-refractivity contribution in [2.24, 2.45) is 0 Å². The number of carbonyl (C=O) groups is 1. The number of imidazole rings is 1. The average molecular weight is 458 g/mol. The maximum atomic E-state index is 12.8. The van der Waals surface area contributed by atoms with Gasteiger partial charge in [0.05, 0.1) is 28.9 Å². The maximum absolute atomic E-state index is 12.8. The molecule has 2 heterocycles. The summed E-state index contributed by atoms with van der Waals surface area (Å²) < 4.78 is 6.98. The number of carbonyl (C=O) groups excluding carboxylic acids is 1. The summed E-state index contributed by atoms with van der Waals surface area (Å²) in [6, 6.07) is 10.9. The van der Waals surface area contributed by atoms with Gasteiger partial charge in [-0.2, -0.15) is 0 Å². The Kier molecular flexibility index (Phi) is 6.60. The molecule has 3 N–H and O–H groups in total. The molecule has 0 aliphatic carbocycles. The maximum Gasteiger partial charge on any atom is 0.326 e. The zero-order valence-corrected chi connectivity index (χ0v) is 19.0. The number of benzene rings is 2. The Labute approximate surface area is 191 Å². The third kappa shape index (κ3) is 4.41. The van der Waals surface area contributed by atoms with Crippen LogP contribution < -0.4 is 21.1 Å². The minimum Gasteiger partial charge on any atom is -0.495 e. The van der Waals surface area contributed by atoms with Crippen LogP contribution >= 0.6 is 11.6 Å². The molecule has 1 aliphatic rings. The summed E-state index contributed by atoms with van der Waals surface area (Å²) in [6.45, 7) is 4.08. The largest absolute Gasteiger partial charge is 0.495 e. The Morgan fingerprint density at radius 3 is 2.72 bits per heavy atom. The summed E-state index contributed by atoms with van der Waals surface area (Å²) >= 11 is 6.15. The van der Waals surface area contributed by atoms with E-state index >= 15 is 0 Å². The second kappa shape index (κ2) is 9.56. The number of nitrogens with zero attached hydrogens (tertiary/aromatic N) is 2. The first-order chi connectivity index (χ1) is 15.5. The molecule has 0 unspecified atom stereocenters. The van der Waals surface area contributed by atoms with E-state index in [1.54, 1.807) is 30.2 Å². The van der Waals surface area contributed by atoms with Crippen molar-refractivity contribution < 1.29 is 9.53 Å². The lowest BCUT2D eigenvalue weighted by Crippen LogP contribution is -2.42. The number of halogens is 1. The summed E-state index contributed by atoms with van der Waals surface area (Å²) in [5, 5.41) is 6.70. The molecule has 1 aromatic heterocycles. The zero-order valence-electron chi connectivity index (χ0n) is 18.3. The number of H-pyrrole nitrogens is 1. The number of para-hydroxylation sites is 1. The van der Waals surface area contributed by atoms with Crippen molar-refractivity contribution in [2.75, 3.05) is 37.4 Å². The van der Waals surface area contributed by atoms with Crippen molar-refractivity contribution in [2.45, 2.75) is 32.2 Å². The fourth-order valence-electron chi connectivity index (χ4n) is 4.19. The molecule has 0 saturated carbocycles. The highest BCUT2D eigenvalue weighted by Crippen LogP contribution is 2.29. The molecule has 1 saturated heterocycles. The number of amides is 2. The number of methoxy groups -OCH3 is 1. The first-order valence-corrected chi connectivity index (χ1v) is 11.3. The summed E-state index contributed by atoms with van der Waals surface area (Å²) in [5.74, 6) is 0.558. The molecule has 9 heteroatoms. The molecule has 0 spiro atoms. The van der Waals surface area contributed by atoms with Gasteiger partial charge in [0.2, 0.25) is 0 Å². The van der Waals surface area contributed by atoms with Gasteiger partial charge in [-0.05, 0) is 49.6 Å². The topological polar surface area (TPSA) is 91.4 Å². The van der Waals surface area contributed by atoms with E-state index in [0.717, 1.165) is 29.7 Å². The van der Waals surface area contributed by atoms with Crippen molar-refractivity contribution in [3.63, 3.8) is 0 Å². The standard InChI is InChI=1S/C23H28ClN5O3/c1-3-11-25-18-5-4-6-19-21(18)27-23(31)29(19)16-9-12-28(13-10-16)22(30)26-15-7-8-20(32-2)17(24)14-15/h4-8,14,16,25H,3,9-13H2,1-2H3,(H,26,30)(H,27,31). The van der Waals surface area contributed by atoms with E-state index in [4.69, 9.17) is 16.3 Å². The monoisotopic (exact) mass is 457 g/mol. The fourth-order valence-corrected chi connectivity index (χ4v) is 4.45. The molecule has 1 aliphatic heterocycles. The fraction of sp³-hybridized carbons (Fsp3) is 0.391. The molecule has 0 radical (unpaired) electrons.